The molecule has 1 N–H and O–H groups in total. The summed E-state index contributed by atoms with van der Waals surface area (Å²) in [7, 11) is 3.29. The molecule has 0 aliphatic rings. The first kappa shape index (κ1) is 21.1. The van der Waals surface area contributed by atoms with Crippen LogP contribution in [0, 0.1) is 11.3 Å². The lowest BCUT2D eigenvalue weighted by atomic mass is 10.1. The van der Waals surface area contributed by atoms with Gasteiger partial charge in [-0.2, -0.15) is 5.26 Å². The van der Waals surface area contributed by atoms with E-state index in [1.54, 1.807) is 54.1 Å². The zero-order valence-corrected chi connectivity index (χ0v) is 17.3. The highest BCUT2D eigenvalue weighted by molar-refractivity contribution is 7.99. The van der Waals surface area contributed by atoms with Crippen LogP contribution in [-0.4, -0.2) is 39.3 Å². The van der Waals surface area contributed by atoms with Gasteiger partial charge in [0, 0.05) is 12.6 Å². The van der Waals surface area contributed by atoms with Gasteiger partial charge in [-0.25, -0.2) is 0 Å². The van der Waals surface area contributed by atoms with Crippen LogP contribution in [0.2, 0.25) is 0 Å². The maximum Gasteiger partial charge on any atom is 0.232 e. The summed E-state index contributed by atoms with van der Waals surface area (Å²) in [6.07, 6.45) is 0.0334. The highest BCUT2D eigenvalue weighted by Crippen LogP contribution is 2.23. The van der Waals surface area contributed by atoms with E-state index in [9.17, 15) is 9.59 Å². The van der Waals surface area contributed by atoms with Crippen molar-refractivity contribution in [2.24, 2.45) is 7.05 Å². The molecule has 1 amide bonds. The number of ether oxygens (including phenoxy) is 1. The van der Waals surface area contributed by atoms with Gasteiger partial charge in [-0.1, -0.05) is 36.0 Å². The van der Waals surface area contributed by atoms with Crippen molar-refractivity contribution in [1.29, 1.82) is 5.26 Å². The Morgan fingerprint density at radius 1 is 1.17 bits per heavy atom. The first-order valence-corrected chi connectivity index (χ1v) is 9.97. The Bertz CT molecular complexity index is 1100. The van der Waals surface area contributed by atoms with E-state index in [4.69, 9.17) is 10.00 Å². The number of benzene rings is 2. The van der Waals surface area contributed by atoms with Crippen molar-refractivity contribution < 1.29 is 14.3 Å². The highest BCUT2D eigenvalue weighted by Gasteiger charge is 2.16. The number of nitrogens with zero attached hydrogens (tertiary/aromatic N) is 4. The summed E-state index contributed by atoms with van der Waals surface area (Å²) in [6, 6.07) is 15.6. The Labute approximate surface area is 177 Å². The predicted molar refractivity (Wildman–Crippen MR) is 113 cm³/mol. The molecule has 3 aromatic rings. The molecule has 0 unspecified atom stereocenters. The maximum atomic E-state index is 12.4. The molecule has 0 bridgehead atoms. The van der Waals surface area contributed by atoms with E-state index in [1.165, 1.54) is 18.9 Å². The number of nitrogens with one attached hydrogen (secondary N) is 1. The zero-order valence-electron chi connectivity index (χ0n) is 16.5. The average molecular weight is 421 g/mol. The summed E-state index contributed by atoms with van der Waals surface area (Å²) in [5.74, 6) is 0.894. The molecule has 0 fully saturated rings. The van der Waals surface area contributed by atoms with Gasteiger partial charge in [0.1, 0.15) is 11.6 Å². The summed E-state index contributed by atoms with van der Waals surface area (Å²) in [6.45, 7) is 0. The number of aromatic nitrogens is 3. The number of carbonyl (C=O) groups excluding carboxylic acids is 2. The van der Waals surface area contributed by atoms with E-state index in [0.29, 0.717) is 33.5 Å². The highest BCUT2D eigenvalue weighted by atomic mass is 32.2. The Morgan fingerprint density at radius 3 is 2.60 bits per heavy atom. The minimum absolute atomic E-state index is 0.0334. The number of rotatable bonds is 8. The van der Waals surface area contributed by atoms with Crippen molar-refractivity contribution >= 4 is 29.1 Å². The van der Waals surface area contributed by atoms with Crippen LogP contribution in [0.5, 0.6) is 5.75 Å². The number of amides is 1. The van der Waals surface area contributed by atoms with Crippen LogP contribution in [0.15, 0.2) is 53.7 Å². The van der Waals surface area contributed by atoms with Gasteiger partial charge in [0.25, 0.3) is 0 Å². The Balaban J connectivity index is 1.59. The first-order valence-electron chi connectivity index (χ1n) is 8.99. The smallest absolute Gasteiger partial charge is 0.232 e. The van der Waals surface area contributed by atoms with Gasteiger partial charge < -0.3 is 14.6 Å². The van der Waals surface area contributed by atoms with E-state index < -0.39 is 0 Å². The lowest BCUT2D eigenvalue weighted by Gasteiger charge is -2.09. The van der Waals surface area contributed by atoms with Crippen molar-refractivity contribution in [1.82, 2.24) is 14.8 Å². The van der Waals surface area contributed by atoms with Gasteiger partial charge in [0.15, 0.2) is 10.9 Å². The number of hydrogen-bond donors (Lipinski definition) is 1. The van der Waals surface area contributed by atoms with Crippen LogP contribution in [0.3, 0.4) is 0 Å². The van der Waals surface area contributed by atoms with Crippen LogP contribution < -0.4 is 10.1 Å². The molecule has 1 heterocycles. The van der Waals surface area contributed by atoms with Crippen LogP contribution in [0.1, 0.15) is 21.7 Å². The van der Waals surface area contributed by atoms with Gasteiger partial charge in [-0.05, 0) is 24.3 Å². The quantitative estimate of drug-likeness (QED) is 0.440. The molecule has 0 radical (unpaired) electrons. The summed E-state index contributed by atoms with van der Waals surface area (Å²) >= 11 is 1.24. The van der Waals surface area contributed by atoms with Gasteiger partial charge >= 0.3 is 0 Å². The number of para-hydroxylation sites is 2. The fourth-order valence-electron chi connectivity index (χ4n) is 2.65. The third-order valence-electron chi connectivity index (χ3n) is 4.29. The van der Waals surface area contributed by atoms with Crippen LogP contribution >= 0.6 is 11.8 Å². The van der Waals surface area contributed by atoms with Gasteiger partial charge in [-0.15, -0.1) is 10.2 Å². The topological polar surface area (TPSA) is 110 Å². The molecule has 30 heavy (non-hydrogen) atoms. The third-order valence-corrected chi connectivity index (χ3v) is 5.31. The van der Waals surface area contributed by atoms with E-state index in [0.717, 1.165) is 0 Å². The number of hydrogen-bond acceptors (Lipinski definition) is 7. The van der Waals surface area contributed by atoms with Crippen molar-refractivity contribution in [2.45, 2.75) is 11.6 Å². The number of thioether (sulfide) groups is 1. The molecular formula is C21H19N5O3S. The number of ketones is 1. The summed E-state index contributed by atoms with van der Waals surface area (Å²) < 4.78 is 6.92. The molecule has 0 aliphatic carbocycles. The van der Waals surface area contributed by atoms with Gasteiger partial charge in [0.05, 0.1) is 36.6 Å². The molecule has 0 saturated carbocycles. The second kappa shape index (κ2) is 9.71. The molecule has 8 nitrogen and oxygen atoms in total. The molecule has 2 aromatic carbocycles. The molecular weight excluding hydrogens is 402 g/mol. The molecule has 0 spiro atoms. The Morgan fingerprint density at radius 2 is 1.90 bits per heavy atom. The van der Waals surface area contributed by atoms with Crippen molar-refractivity contribution in [2.75, 3.05) is 18.2 Å². The summed E-state index contributed by atoms with van der Waals surface area (Å²) in [5, 5.41) is 20.3. The first-order chi connectivity index (χ1) is 14.5. The van der Waals surface area contributed by atoms with Crippen LogP contribution in [0.4, 0.5) is 5.69 Å². The van der Waals surface area contributed by atoms with E-state index >= 15 is 0 Å². The molecule has 3 rings (SSSR count). The van der Waals surface area contributed by atoms with Crippen molar-refractivity contribution in [3.63, 3.8) is 0 Å². The molecule has 9 heteroatoms. The fraction of sp³-hybridized carbons (Fsp3) is 0.190. The molecule has 152 valence electrons. The Kier molecular flexibility index (Phi) is 6.83. The summed E-state index contributed by atoms with van der Waals surface area (Å²) in [4.78, 5) is 24.7. The summed E-state index contributed by atoms with van der Waals surface area (Å²) in [5.41, 5.74) is 1.61. The second-order valence-electron chi connectivity index (χ2n) is 6.28. The van der Waals surface area contributed by atoms with Gasteiger partial charge in [0.2, 0.25) is 5.91 Å². The van der Waals surface area contributed by atoms with Crippen molar-refractivity contribution in [3.05, 3.63) is 65.5 Å². The molecule has 0 aliphatic heterocycles. The lowest BCUT2D eigenvalue weighted by Crippen LogP contribution is -2.17. The second-order valence-corrected chi connectivity index (χ2v) is 7.23. The average Bonchev–Trinajstić information content (AvgIpc) is 3.11. The van der Waals surface area contributed by atoms with Crippen LogP contribution in [-0.2, 0) is 18.3 Å². The standard InChI is InChI=1S/C21H19N5O3S/c1-26-19(11-20(28)23-16-5-3-4-6-18(16)29-2)24-25-21(26)30-13-17(27)15-9-7-14(12-22)8-10-15/h3-10H,11,13H2,1-2H3,(H,23,28). The minimum Gasteiger partial charge on any atom is -0.495 e. The van der Waals surface area contributed by atoms with E-state index in [-0.39, 0.29) is 23.9 Å². The monoisotopic (exact) mass is 421 g/mol. The molecule has 0 atom stereocenters. The van der Waals surface area contributed by atoms with Crippen LogP contribution in [0.25, 0.3) is 0 Å². The number of Topliss-reactive ketones (excluding diaryl/α,β-unsaturated/α-hetero) is 1. The third kappa shape index (κ3) is 5.04. The van der Waals surface area contributed by atoms with Gasteiger partial charge in [-0.3, -0.25) is 9.59 Å². The zero-order chi connectivity index (χ0) is 21.5. The van der Waals surface area contributed by atoms with E-state index in [2.05, 4.69) is 15.5 Å². The number of methoxy groups -OCH3 is 1. The molecule has 1 aromatic heterocycles. The van der Waals surface area contributed by atoms with E-state index in [1.807, 2.05) is 12.1 Å². The van der Waals surface area contributed by atoms with Crippen molar-refractivity contribution in [3.8, 4) is 11.8 Å². The molecule has 0 saturated heterocycles. The fourth-order valence-corrected chi connectivity index (χ4v) is 3.48. The predicted octanol–water partition coefficient (Wildman–Crippen LogP) is 2.85. The largest absolute Gasteiger partial charge is 0.495 e. The Hall–Kier alpha value is -3.64. The maximum absolute atomic E-state index is 12.4. The minimum atomic E-state index is -0.250. The SMILES string of the molecule is COc1ccccc1NC(=O)Cc1nnc(SCC(=O)c2ccc(C#N)cc2)n1C. The number of carbonyl (C=O) groups is 2. The lowest BCUT2D eigenvalue weighted by molar-refractivity contribution is -0.115. The number of nitriles is 1. The normalized spacial score (nSPS) is 10.3. The number of anilines is 1.